The third-order valence-corrected chi connectivity index (χ3v) is 3.00. The third-order valence-electron chi connectivity index (χ3n) is 1.84. The number of aromatic nitrogens is 2. The molecule has 72 valence electrons. The average molecular weight is 248 g/mol. The molecule has 0 unspecified atom stereocenters. The number of rotatable bonds is 0. The van der Waals surface area contributed by atoms with E-state index in [0.717, 1.165) is 0 Å². The maximum Gasteiger partial charge on any atom is 0.151 e. The molecule has 1 aromatic carbocycles. The van der Waals surface area contributed by atoms with Crippen LogP contribution in [0.1, 0.15) is 5.69 Å². The smallest absolute Gasteiger partial charge is 0.151 e. The highest BCUT2D eigenvalue weighted by Gasteiger charge is 2.08. The van der Waals surface area contributed by atoms with E-state index in [9.17, 15) is 0 Å². The van der Waals surface area contributed by atoms with Gasteiger partial charge in [-0.3, -0.25) is 0 Å². The predicted octanol–water partition coefficient (Wildman–Crippen LogP) is 3.90. The second kappa shape index (κ2) is 3.54. The standard InChI is InChI=1S/C9H5Cl3N2/c1-4-9(12)14-8-6(13-4)3-2-5(10)7(8)11/h2-3H,1H3. The molecule has 0 radical (unpaired) electrons. The molecule has 0 aliphatic rings. The molecular weight excluding hydrogens is 242 g/mol. The monoisotopic (exact) mass is 246 g/mol. The van der Waals surface area contributed by atoms with Gasteiger partial charge in [-0.2, -0.15) is 0 Å². The summed E-state index contributed by atoms with van der Waals surface area (Å²) in [5, 5.41) is 1.19. The van der Waals surface area contributed by atoms with E-state index in [4.69, 9.17) is 34.8 Å². The van der Waals surface area contributed by atoms with E-state index in [2.05, 4.69) is 9.97 Å². The summed E-state index contributed by atoms with van der Waals surface area (Å²) in [6.07, 6.45) is 0. The summed E-state index contributed by atoms with van der Waals surface area (Å²) < 4.78 is 0. The summed E-state index contributed by atoms with van der Waals surface area (Å²) in [6.45, 7) is 1.79. The Bertz CT molecular complexity index is 511. The Hall–Kier alpha value is -0.570. The first kappa shape index (κ1) is 9.97. The molecular formula is C9H5Cl3N2. The van der Waals surface area contributed by atoms with Crippen LogP contribution in [-0.2, 0) is 0 Å². The zero-order valence-electron chi connectivity index (χ0n) is 7.18. The van der Waals surface area contributed by atoms with Gasteiger partial charge >= 0.3 is 0 Å². The molecule has 0 spiro atoms. The first-order valence-corrected chi connectivity index (χ1v) is 5.01. The quantitative estimate of drug-likeness (QED) is 0.705. The first-order chi connectivity index (χ1) is 6.59. The minimum atomic E-state index is 0.349. The largest absolute Gasteiger partial charge is 0.248 e. The second-order valence-corrected chi connectivity index (χ2v) is 3.97. The zero-order chi connectivity index (χ0) is 10.3. The van der Waals surface area contributed by atoms with Crippen LogP contribution in [0.25, 0.3) is 11.0 Å². The van der Waals surface area contributed by atoms with Gasteiger partial charge in [0.2, 0.25) is 0 Å². The lowest BCUT2D eigenvalue weighted by Gasteiger charge is -2.03. The number of hydrogen-bond acceptors (Lipinski definition) is 2. The van der Waals surface area contributed by atoms with Gasteiger partial charge in [0, 0.05) is 0 Å². The van der Waals surface area contributed by atoms with Crippen molar-refractivity contribution in [2.24, 2.45) is 0 Å². The highest BCUT2D eigenvalue weighted by molar-refractivity contribution is 6.45. The Morgan fingerprint density at radius 3 is 2.50 bits per heavy atom. The Morgan fingerprint density at radius 1 is 1.07 bits per heavy atom. The summed E-state index contributed by atoms with van der Waals surface area (Å²) in [6, 6.07) is 3.45. The van der Waals surface area contributed by atoms with Gasteiger partial charge in [0.1, 0.15) is 5.52 Å². The number of hydrogen-bond donors (Lipinski definition) is 0. The molecule has 0 saturated heterocycles. The van der Waals surface area contributed by atoms with Crippen LogP contribution in [0.15, 0.2) is 12.1 Å². The van der Waals surface area contributed by atoms with Gasteiger partial charge in [-0.25, -0.2) is 9.97 Å². The lowest BCUT2D eigenvalue weighted by atomic mass is 10.3. The number of fused-ring (bicyclic) bond motifs is 1. The van der Waals surface area contributed by atoms with Crippen molar-refractivity contribution in [3.05, 3.63) is 33.0 Å². The van der Waals surface area contributed by atoms with E-state index in [1.54, 1.807) is 19.1 Å². The molecule has 14 heavy (non-hydrogen) atoms. The van der Waals surface area contributed by atoms with E-state index in [0.29, 0.717) is 31.9 Å². The molecule has 5 heteroatoms. The molecule has 0 bridgehead atoms. The van der Waals surface area contributed by atoms with Crippen LogP contribution in [-0.4, -0.2) is 9.97 Å². The van der Waals surface area contributed by atoms with E-state index < -0.39 is 0 Å². The van der Waals surface area contributed by atoms with Crippen LogP contribution in [0, 0.1) is 6.92 Å². The van der Waals surface area contributed by atoms with Crippen molar-refractivity contribution >= 4 is 45.8 Å². The summed E-state index contributed by atoms with van der Waals surface area (Å²) in [7, 11) is 0. The Balaban J connectivity index is 2.89. The lowest BCUT2D eigenvalue weighted by Crippen LogP contribution is -1.90. The summed E-state index contributed by atoms with van der Waals surface area (Å²) >= 11 is 17.6. The summed E-state index contributed by atoms with van der Waals surface area (Å²) in [4.78, 5) is 8.36. The van der Waals surface area contributed by atoms with Crippen molar-refractivity contribution < 1.29 is 0 Å². The number of halogens is 3. The van der Waals surface area contributed by atoms with E-state index in [1.165, 1.54) is 0 Å². The molecule has 0 fully saturated rings. The fraction of sp³-hybridized carbons (Fsp3) is 0.111. The topological polar surface area (TPSA) is 25.8 Å². The molecule has 0 saturated carbocycles. The second-order valence-electron chi connectivity index (χ2n) is 2.83. The Morgan fingerprint density at radius 2 is 1.79 bits per heavy atom. The van der Waals surface area contributed by atoms with Crippen molar-refractivity contribution in [1.29, 1.82) is 0 Å². The van der Waals surface area contributed by atoms with Crippen molar-refractivity contribution in [2.75, 3.05) is 0 Å². The van der Waals surface area contributed by atoms with Crippen LogP contribution in [0.4, 0.5) is 0 Å². The molecule has 1 heterocycles. The highest BCUT2D eigenvalue weighted by atomic mass is 35.5. The van der Waals surface area contributed by atoms with Crippen molar-refractivity contribution in [3.63, 3.8) is 0 Å². The van der Waals surface area contributed by atoms with E-state index >= 15 is 0 Å². The molecule has 0 atom stereocenters. The molecule has 1 aromatic heterocycles. The molecule has 0 aliphatic heterocycles. The minimum Gasteiger partial charge on any atom is -0.248 e. The fourth-order valence-corrected chi connectivity index (χ4v) is 1.61. The maximum atomic E-state index is 5.96. The Kier molecular flexibility index (Phi) is 2.52. The van der Waals surface area contributed by atoms with Gasteiger partial charge in [0.05, 0.1) is 21.3 Å². The molecule has 2 nitrogen and oxygen atoms in total. The van der Waals surface area contributed by atoms with Crippen LogP contribution >= 0.6 is 34.8 Å². The highest BCUT2D eigenvalue weighted by Crippen LogP contribution is 2.29. The van der Waals surface area contributed by atoms with Gasteiger partial charge < -0.3 is 0 Å². The SMILES string of the molecule is Cc1nc2ccc(Cl)c(Cl)c2nc1Cl. The van der Waals surface area contributed by atoms with Gasteiger partial charge in [-0.1, -0.05) is 34.8 Å². The number of benzene rings is 1. The van der Waals surface area contributed by atoms with Crippen LogP contribution < -0.4 is 0 Å². The van der Waals surface area contributed by atoms with Crippen molar-refractivity contribution in [3.8, 4) is 0 Å². The fourth-order valence-electron chi connectivity index (χ4n) is 1.13. The maximum absolute atomic E-state index is 5.96. The van der Waals surface area contributed by atoms with Gasteiger partial charge in [-0.05, 0) is 19.1 Å². The van der Waals surface area contributed by atoms with Crippen LogP contribution in [0.5, 0.6) is 0 Å². The van der Waals surface area contributed by atoms with Crippen LogP contribution in [0.3, 0.4) is 0 Å². The van der Waals surface area contributed by atoms with Gasteiger partial charge in [0.15, 0.2) is 5.15 Å². The molecule has 0 N–H and O–H groups in total. The molecule has 2 rings (SSSR count). The normalized spacial score (nSPS) is 10.9. The lowest BCUT2D eigenvalue weighted by molar-refractivity contribution is 1.18. The number of aryl methyl sites for hydroxylation is 1. The molecule has 2 aromatic rings. The summed E-state index contributed by atoms with van der Waals surface area (Å²) in [5.74, 6) is 0. The van der Waals surface area contributed by atoms with Gasteiger partial charge in [0.25, 0.3) is 0 Å². The average Bonchev–Trinajstić information content (AvgIpc) is 2.15. The summed E-state index contributed by atoms with van der Waals surface area (Å²) in [5.41, 5.74) is 1.91. The zero-order valence-corrected chi connectivity index (χ0v) is 9.45. The minimum absolute atomic E-state index is 0.349. The van der Waals surface area contributed by atoms with Crippen LogP contribution in [0.2, 0.25) is 15.2 Å². The van der Waals surface area contributed by atoms with E-state index in [-0.39, 0.29) is 0 Å². The Labute approximate surface area is 95.8 Å². The van der Waals surface area contributed by atoms with E-state index in [1.807, 2.05) is 0 Å². The van der Waals surface area contributed by atoms with Crippen molar-refractivity contribution in [1.82, 2.24) is 9.97 Å². The van der Waals surface area contributed by atoms with Crippen molar-refractivity contribution in [2.45, 2.75) is 6.92 Å². The predicted molar refractivity (Wildman–Crippen MR) is 59.3 cm³/mol. The first-order valence-electron chi connectivity index (χ1n) is 3.87. The third kappa shape index (κ3) is 1.54. The molecule has 0 amide bonds. The number of nitrogens with zero attached hydrogens (tertiary/aromatic N) is 2. The molecule has 0 aliphatic carbocycles. The van der Waals surface area contributed by atoms with Gasteiger partial charge in [-0.15, -0.1) is 0 Å².